The molecule has 126 valence electrons. The Labute approximate surface area is 131 Å². The van der Waals surface area contributed by atoms with Gasteiger partial charge in [0.05, 0.1) is 17.6 Å². The fraction of sp³-hybridized carbons (Fsp3) is 0.857. The second kappa shape index (κ2) is 6.95. The van der Waals surface area contributed by atoms with Crippen LogP contribution in [0.5, 0.6) is 0 Å². The van der Waals surface area contributed by atoms with Gasteiger partial charge < -0.3 is 10.4 Å². The van der Waals surface area contributed by atoms with Crippen molar-refractivity contribution in [1.29, 1.82) is 0 Å². The Morgan fingerprint density at radius 1 is 1.23 bits per heavy atom. The molecule has 1 saturated heterocycles. The highest BCUT2D eigenvalue weighted by molar-refractivity contribution is 7.89. The van der Waals surface area contributed by atoms with E-state index in [1.807, 2.05) is 0 Å². The molecule has 7 nitrogen and oxygen atoms in total. The second-order valence-corrected chi connectivity index (χ2v) is 8.41. The molecule has 8 heteroatoms. The number of sulfonamides is 1. The van der Waals surface area contributed by atoms with Crippen molar-refractivity contribution in [3.63, 3.8) is 0 Å². The monoisotopic (exact) mass is 332 g/mol. The van der Waals surface area contributed by atoms with Crippen molar-refractivity contribution in [1.82, 2.24) is 9.62 Å². The van der Waals surface area contributed by atoms with Gasteiger partial charge in [0.1, 0.15) is 0 Å². The largest absolute Gasteiger partial charge is 0.481 e. The van der Waals surface area contributed by atoms with Crippen molar-refractivity contribution in [2.45, 2.75) is 45.1 Å². The summed E-state index contributed by atoms with van der Waals surface area (Å²) < 4.78 is 25.2. The Bertz CT molecular complexity index is 533. The van der Waals surface area contributed by atoms with E-state index in [0.717, 1.165) is 0 Å². The zero-order valence-corrected chi connectivity index (χ0v) is 13.6. The second-order valence-electron chi connectivity index (χ2n) is 6.15. The van der Waals surface area contributed by atoms with Crippen LogP contribution in [-0.2, 0) is 19.6 Å². The molecule has 22 heavy (non-hydrogen) atoms. The normalized spacial score (nSPS) is 30.1. The van der Waals surface area contributed by atoms with Crippen LogP contribution < -0.4 is 5.32 Å². The maximum Gasteiger partial charge on any atom is 0.306 e. The smallest absolute Gasteiger partial charge is 0.306 e. The molecule has 2 N–H and O–H groups in total. The third-order valence-corrected chi connectivity index (χ3v) is 6.49. The Balaban J connectivity index is 1.89. The highest BCUT2D eigenvalue weighted by atomic mass is 32.2. The van der Waals surface area contributed by atoms with Crippen molar-refractivity contribution in [2.75, 3.05) is 18.8 Å². The molecule has 0 aromatic carbocycles. The molecule has 0 aromatic heterocycles. The summed E-state index contributed by atoms with van der Waals surface area (Å²) in [7, 11) is -3.26. The predicted octanol–water partition coefficient (Wildman–Crippen LogP) is 0.418. The average Bonchev–Trinajstić information content (AvgIpc) is 2.96. The molecule has 0 spiro atoms. The van der Waals surface area contributed by atoms with Gasteiger partial charge in [-0.3, -0.25) is 9.59 Å². The molecule has 1 unspecified atom stereocenters. The summed E-state index contributed by atoms with van der Waals surface area (Å²) in [5.74, 6) is -1.63. The third-order valence-electron chi connectivity index (χ3n) is 4.64. The van der Waals surface area contributed by atoms with Crippen LogP contribution in [-0.4, -0.2) is 54.6 Å². The van der Waals surface area contributed by atoms with Crippen LogP contribution in [0.3, 0.4) is 0 Å². The summed E-state index contributed by atoms with van der Waals surface area (Å²) in [6.45, 7) is 2.31. The summed E-state index contributed by atoms with van der Waals surface area (Å²) in [6.07, 6.45) is 3.08. The van der Waals surface area contributed by atoms with E-state index in [2.05, 4.69) is 5.32 Å². The average molecular weight is 332 g/mol. The lowest BCUT2D eigenvalue weighted by Gasteiger charge is -2.31. The number of nitrogens with zero attached hydrogens (tertiary/aromatic N) is 1. The minimum absolute atomic E-state index is 0.0459. The van der Waals surface area contributed by atoms with Crippen LogP contribution in [0.1, 0.15) is 39.0 Å². The zero-order valence-electron chi connectivity index (χ0n) is 12.8. The van der Waals surface area contributed by atoms with E-state index in [0.29, 0.717) is 38.6 Å². The minimum Gasteiger partial charge on any atom is -0.481 e. The molecule has 0 bridgehead atoms. The SMILES string of the molecule is CCS(=O)(=O)N1CCCC(C(=O)N[C@H]2CC[C@@H](C(=O)O)C2)C1. The van der Waals surface area contributed by atoms with E-state index >= 15 is 0 Å². The predicted molar refractivity (Wildman–Crippen MR) is 80.7 cm³/mol. The van der Waals surface area contributed by atoms with Crippen molar-refractivity contribution >= 4 is 21.9 Å². The maximum atomic E-state index is 12.3. The van der Waals surface area contributed by atoms with Gasteiger partial charge in [-0.1, -0.05) is 0 Å². The molecular weight excluding hydrogens is 308 g/mol. The highest BCUT2D eigenvalue weighted by Crippen LogP contribution is 2.27. The van der Waals surface area contributed by atoms with Gasteiger partial charge in [0, 0.05) is 19.1 Å². The van der Waals surface area contributed by atoms with Crippen LogP contribution in [0.2, 0.25) is 0 Å². The molecule has 1 amide bonds. The fourth-order valence-electron chi connectivity index (χ4n) is 3.25. The number of hydrogen-bond acceptors (Lipinski definition) is 4. The molecule has 1 aliphatic heterocycles. The highest BCUT2D eigenvalue weighted by Gasteiger charge is 2.35. The van der Waals surface area contributed by atoms with Gasteiger partial charge in [-0.05, 0) is 39.0 Å². The number of amides is 1. The Morgan fingerprint density at radius 2 is 1.95 bits per heavy atom. The topological polar surface area (TPSA) is 104 Å². The number of carbonyl (C=O) groups excluding carboxylic acids is 1. The quantitative estimate of drug-likeness (QED) is 0.759. The number of carboxylic acid groups (broad SMARTS) is 1. The van der Waals surface area contributed by atoms with Gasteiger partial charge in [0.25, 0.3) is 0 Å². The summed E-state index contributed by atoms with van der Waals surface area (Å²) >= 11 is 0. The summed E-state index contributed by atoms with van der Waals surface area (Å²) in [5, 5.41) is 11.9. The molecule has 2 rings (SSSR count). The van der Waals surface area contributed by atoms with Gasteiger partial charge >= 0.3 is 5.97 Å². The Kier molecular flexibility index (Phi) is 5.44. The van der Waals surface area contributed by atoms with Crippen molar-refractivity contribution < 1.29 is 23.1 Å². The lowest BCUT2D eigenvalue weighted by atomic mass is 9.98. The van der Waals surface area contributed by atoms with E-state index < -0.39 is 16.0 Å². The molecule has 3 atom stereocenters. The molecule has 1 heterocycles. The molecule has 2 aliphatic rings. The van der Waals surface area contributed by atoms with E-state index in [-0.39, 0.29) is 36.1 Å². The van der Waals surface area contributed by atoms with Crippen LogP contribution >= 0.6 is 0 Å². The number of piperidine rings is 1. The van der Waals surface area contributed by atoms with Gasteiger partial charge in [-0.25, -0.2) is 12.7 Å². The minimum atomic E-state index is -3.26. The van der Waals surface area contributed by atoms with Crippen molar-refractivity contribution in [3.05, 3.63) is 0 Å². The summed E-state index contributed by atoms with van der Waals surface area (Å²) in [6, 6.07) is -0.105. The van der Waals surface area contributed by atoms with Crippen LogP contribution in [0, 0.1) is 11.8 Å². The fourth-order valence-corrected chi connectivity index (χ4v) is 4.43. The van der Waals surface area contributed by atoms with Crippen molar-refractivity contribution in [3.8, 4) is 0 Å². The van der Waals surface area contributed by atoms with Gasteiger partial charge in [0.15, 0.2) is 0 Å². The number of rotatable bonds is 5. The number of aliphatic carboxylic acids is 1. The maximum absolute atomic E-state index is 12.3. The molecular formula is C14H24N2O5S. The molecule has 2 fully saturated rings. The number of nitrogens with one attached hydrogen (secondary N) is 1. The Morgan fingerprint density at radius 3 is 2.55 bits per heavy atom. The van der Waals surface area contributed by atoms with E-state index in [1.165, 1.54) is 4.31 Å². The summed E-state index contributed by atoms with van der Waals surface area (Å²) in [5.41, 5.74) is 0. The number of hydrogen-bond donors (Lipinski definition) is 2. The van der Waals surface area contributed by atoms with Crippen LogP contribution in [0.15, 0.2) is 0 Å². The Hall–Kier alpha value is -1.15. The standard InChI is InChI=1S/C14H24N2O5S/c1-2-22(20,21)16-7-3-4-11(9-16)13(17)15-12-6-5-10(8-12)14(18)19/h10-12H,2-9H2,1H3,(H,15,17)(H,18,19)/t10-,11?,12+/m1/s1. The molecule has 0 radical (unpaired) electrons. The third kappa shape index (κ3) is 3.98. The van der Waals surface area contributed by atoms with Crippen molar-refractivity contribution in [2.24, 2.45) is 11.8 Å². The van der Waals surface area contributed by atoms with Crippen LogP contribution in [0.25, 0.3) is 0 Å². The van der Waals surface area contributed by atoms with Gasteiger partial charge in [-0.15, -0.1) is 0 Å². The zero-order chi connectivity index (χ0) is 16.3. The molecule has 1 saturated carbocycles. The van der Waals surface area contributed by atoms with E-state index in [9.17, 15) is 18.0 Å². The first-order valence-corrected chi connectivity index (χ1v) is 9.45. The first kappa shape index (κ1) is 17.2. The first-order valence-electron chi connectivity index (χ1n) is 7.84. The lowest BCUT2D eigenvalue weighted by molar-refractivity contribution is -0.141. The first-order chi connectivity index (χ1) is 10.3. The number of carbonyl (C=O) groups is 2. The van der Waals surface area contributed by atoms with Crippen LogP contribution in [0.4, 0.5) is 0 Å². The van der Waals surface area contributed by atoms with E-state index in [4.69, 9.17) is 5.11 Å². The lowest BCUT2D eigenvalue weighted by Crippen LogP contribution is -2.47. The van der Waals surface area contributed by atoms with Gasteiger partial charge in [0.2, 0.25) is 15.9 Å². The molecule has 0 aromatic rings. The number of carboxylic acids is 1. The molecule has 1 aliphatic carbocycles. The summed E-state index contributed by atoms with van der Waals surface area (Å²) in [4.78, 5) is 23.2. The van der Waals surface area contributed by atoms with E-state index in [1.54, 1.807) is 6.92 Å². The van der Waals surface area contributed by atoms with Gasteiger partial charge in [-0.2, -0.15) is 0 Å².